The maximum absolute atomic E-state index is 13.2. The Bertz CT molecular complexity index is 1090. The second-order valence-corrected chi connectivity index (χ2v) is 6.98. The van der Waals surface area contributed by atoms with Crippen molar-refractivity contribution in [2.45, 2.75) is 13.0 Å². The van der Waals surface area contributed by atoms with Gasteiger partial charge in [-0.15, -0.1) is 0 Å². The van der Waals surface area contributed by atoms with Crippen LogP contribution in [0.15, 0.2) is 47.8 Å². The number of aryl methyl sites for hydroxylation is 1. The van der Waals surface area contributed by atoms with Crippen LogP contribution in [0.4, 0.5) is 4.39 Å². The Morgan fingerprint density at radius 1 is 1.33 bits per heavy atom. The molecule has 8 nitrogen and oxygen atoms in total. The van der Waals surface area contributed by atoms with Crippen LogP contribution in [-0.4, -0.2) is 46.7 Å². The zero-order chi connectivity index (χ0) is 21.1. The minimum absolute atomic E-state index is 0.259. The predicted molar refractivity (Wildman–Crippen MR) is 109 cm³/mol. The Kier molecular flexibility index (Phi) is 5.82. The number of nitrogens with one attached hydrogen (secondary N) is 1. The Labute approximate surface area is 177 Å². The molecule has 0 saturated heterocycles. The van der Waals surface area contributed by atoms with Gasteiger partial charge in [-0.1, -0.05) is 11.6 Å². The number of ether oxygens (including phenoxy) is 2. The van der Waals surface area contributed by atoms with E-state index in [4.69, 9.17) is 25.9 Å². The lowest BCUT2D eigenvalue weighted by Gasteiger charge is -2.22. The molecule has 1 N–H and O–H groups in total. The van der Waals surface area contributed by atoms with Gasteiger partial charge in [-0.2, -0.15) is 0 Å². The van der Waals surface area contributed by atoms with Crippen molar-refractivity contribution in [3.63, 3.8) is 0 Å². The van der Waals surface area contributed by atoms with E-state index in [0.717, 1.165) is 5.56 Å². The van der Waals surface area contributed by atoms with Crippen molar-refractivity contribution in [2.24, 2.45) is 4.99 Å². The van der Waals surface area contributed by atoms with Gasteiger partial charge in [-0.3, -0.25) is 14.4 Å². The molecule has 0 unspecified atom stereocenters. The number of hydroxylamine groups is 1. The van der Waals surface area contributed by atoms with Crippen molar-refractivity contribution in [3.05, 3.63) is 65.1 Å². The van der Waals surface area contributed by atoms with Gasteiger partial charge in [0.25, 0.3) is 0 Å². The molecule has 3 aromatic rings. The minimum Gasteiger partial charge on any atom is -0.491 e. The van der Waals surface area contributed by atoms with Gasteiger partial charge >= 0.3 is 0 Å². The fourth-order valence-electron chi connectivity index (χ4n) is 2.96. The van der Waals surface area contributed by atoms with Crippen LogP contribution in [0.2, 0.25) is 5.15 Å². The standard InChI is InChI=1S/C20H19ClFN5O3/c1-12-7-13(22)3-6-17(12)29-9-14-10-30-26-19(24-14)15-4-5-16(20(25-15)28-2)27-8-18(21)23-11-27/h3-8,11,14H,9-10H2,1-2H3,(H,24,26)/t14-/m0/s1. The summed E-state index contributed by atoms with van der Waals surface area (Å²) < 4.78 is 26.2. The average molecular weight is 432 g/mol. The number of rotatable bonds is 6. The summed E-state index contributed by atoms with van der Waals surface area (Å²) in [5.74, 6) is 1.15. The van der Waals surface area contributed by atoms with Crippen molar-refractivity contribution in [2.75, 3.05) is 20.3 Å². The largest absolute Gasteiger partial charge is 0.491 e. The number of hydrogen-bond acceptors (Lipinski definition) is 7. The smallest absolute Gasteiger partial charge is 0.238 e. The highest BCUT2D eigenvalue weighted by atomic mass is 35.5. The second kappa shape index (κ2) is 8.68. The van der Waals surface area contributed by atoms with E-state index in [9.17, 15) is 4.39 Å². The lowest BCUT2D eigenvalue weighted by atomic mass is 10.2. The van der Waals surface area contributed by atoms with Gasteiger partial charge in [0.2, 0.25) is 5.88 Å². The first kappa shape index (κ1) is 20.1. The number of hydrogen-bond donors (Lipinski definition) is 1. The molecule has 1 aliphatic heterocycles. The molecular weight excluding hydrogens is 413 g/mol. The van der Waals surface area contributed by atoms with Crippen molar-refractivity contribution < 1.29 is 18.7 Å². The van der Waals surface area contributed by atoms with E-state index in [1.165, 1.54) is 19.2 Å². The first-order valence-electron chi connectivity index (χ1n) is 9.13. The van der Waals surface area contributed by atoms with Crippen LogP contribution in [0.3, 0.4) is 0 Å². The summed E-state index contributed by atoms with van der Waals surface area (Å²) in [4.78, 5) is 18.6. The lowest BCUT2D eigenvalue weighted by molar-refractivity contribution is 0.0511. The summed E-state index contributed by atoms with van der Waals surface area (Å²) in [6, 6.07) is 7.74. The van der Waals surface area contributed by atoms with Gasteiger partial charge in [0.15, 0.2) is 5.84 Å². The maximum Gasteiger partial charge on any atom is 0.238 e. The van der Waals surface area contributed by atoms with E-state index < -0.39 is 0 Å². The first-order valence-corrected chi connectivity index (χ1v) is 9.51. The Morgan fingerprint density at radius 3 is 2.93 bits per heavy atom. The van der Waals surface area contributed by atoms with Crippen LogP contribution in [0.5, 0.6) is 11.6 Å². The molecular formula is C20H19ClFN5O3. The molecule has 30 heavy (non-hydrogen) atoms. The molecule has 0 fully saturated rings. The summed E-state index contributed by atoms with van der Waals surface area (Å²) in [6.45, 7) is 2.39. The quantitative estimate of drug-likeness (QED) is 0.645. The summed E-state index contributed by atoms with van der Waals surface area (Å²) in [7, 11) is 1.53. The van der Waals surface area contributed by atoms with Crippen molar-refractivity contribution in [1.29, 1.82) is 0 Å². The molecule has 0 saturated carbocycles. The Balaban J connectivity index is 1.52. The lowest BCUT2D eigenvalue weighted by Crippen LogP contribution is -2.38. The van der Waals surface area contributed by atoms with Gasteiger partial charge in [0, 0.05) is 6.20 Å². The molecule has 0 aliphatic carbocycles. The van der Waals surface area contributed by atoms with Gasteiger partial charge < -0.3 is 9.47 Å². The van der Waals surface area contributed by atoms with Gasteiger partial charge in [-0.05, 0) is 42.8 Å². The van der Waals surface area contributed by atoms with Gasteiger partial charge in [0.05, 0.1) is 7.11 Å². The number of aromatic nitrogens is 3. The molecule has 2 aromatic heterocycles. The van der Waals surface area contributed by atoms with Crippen molar-refractivity contribution >= 4 is 17.4 Å². The van der Waals surface area contributed by atoms with Crippen LogP contribution in [0, 0.1) is 12.7 Å². The van der Waals surface area contributed by atoms with E-state index in [1.54, 1.807) is 36.1 Å². The number of aliphatic imine (C=N–C) groups is 1. The number of methoxy groups -OCH3 is 1. The molecule has 3 heterocycles. The third-order valence-corrected chi connectivity index (χ3v) is 4.63. The zero-order valence-electron chi connectivity index (χ0n) is 16.3. The molecule has 1 aromatic carbocycles. The molecule has 156 valence electrons. The number of imidazole rings is 1. The van der Waals surface area contributed by atoms with Crippen LogP contribution in [-0.2, 0) is 4.84 Å². The average Bonchev–Trinajstić information content (AvgIpc) is 3.19. The Hall–Kier alpha value is -3.17. The van der Waals surface area contributed by atoms with E-state index in [0.29, 0.717) is 40.6 Å². The molecule has 4 rings (SSSR count). The molecule has 0 bridgehead atoms. The molecule has 0 spiro atoms. The first-order chi connectivity index (χ1) is 14.5. The molecule has 10 heteroatoms. The summed E-state index contributed by atoms with van der Waals surface area (Å²) >= 11 is 5.90. The summed E-state index contributed by atoms with van der Waals surface area (Å²) in [5, 5.41) is 0.368. The van der Waals surface area contributed by atoms with Crippen LogP contribution in [0.25, 0.3) is 5.69 Å². The van der Waals surface area contributed by atoms with Gasteiger partial charge in [0.1, 0.15) is 53.7 Å². The number of nitrogens with zero attached hydrogens (tertiary/aromatic N) is 4. The van der Waals surface area contributed by atoms with E-state index >= 15 is 0 Å². The zero-order valence-corrected chi connectivity index (χ0v) is 17.1. The fourth-order valence-corrected chi connectivity index (χ4v) is 3.11. The third kappa shape index (κ3) is 4.37. The highest BCUT2D eigenvalue weighted by molar-refractivity contribution is 6.29. The molecule has 1 atom stereocenters. The number of pyridine rings is 1. The van der Waals surface area contributed by atoms with E-state index in [-0.39, 0.29) is 18.5 Å². The topological polar surface area (TPSA) is 82.8 Å². The molecule has 0 amide bonds. The van der Waals surface area contributed by atoms with Crippen molar-refractivity contribution in [3.8, 4) is 17.3 Å². The predicted octanol–water partition coefficient (Wildman–Crippen LogP) is 3.11. The summed E-state index contributed by atoms with van der Waals surface area (Å²) in [6.07, 6.45) is 3.23. The Morgan fingerprint density at radius 2 is 2.20 bits per heavy atom. The number of amidine groups is 1. The second-order valence-electron chi connectivity index (χ2n) is 6.59. The van der Waals surface area contributed by atoms with Crippen molar-refractivity contribution in [1.82, 2.24) is 20.0 Å². The normalized spacial score (nSPS) is 16.0. The van der Waals surface area contributed by atoms with Crippen LogP contribution >= 0.6 is 11.6 Å². The number of halogens is 2. The molecule has 1 aliphatic rings. The monoisotopic (exact) mass is 431 g/mol. The van der Waals surface area contributed by atoms with Crippen LogP contribution in [0.1, 0.15) is 11.3 Å². The maximum atomic E-state index is 13.2. The van der Waals surface area contributed by atoms with E-state index in [1.807, 2.05) is 6.07 Å². The van der Waals surface area contributed by atoms with Gasteiger partial charge in [-0.25, -0.2) is 19.8 Å². The number of benzene rings is 1. The minimum atomic E-state index is -0.299. The molecule has 0 radical (unpaired) electrons. The third-order valence-electron chi connectivity index (χ3n) is 4.43. The fraction of sp³-hybridized carbons (Fsp3) is 0.250. The SMILES string of the molecule is COc1nc(C2=N[C@@H](COc3ccc(F)cc3C)CON2)ccc1-n1cnc(Cl)c1. The summed E-state index contributed by atoms with van der Waals surface area (Å²) in [5.41, 5.74) is 4.73. The van der Waals surface area contributed by atoms with E-state index in [2.05, 4.69) is 20.4 Å². The highest BCUT2D eigenvalue weighted by Crippen LogP contribution is 2.23. The highest BCUT2D eigenvalue weighted by Gasteiger charge is 2.20. The van der Waals surface area contributed by atoms with Crippen LogP contribution < -0.4 is 15.0 Å².